The van der Waals surface area contributed by atoms with Crippen LogP contribution >= 0.6 is 0 Å². The van der Waals surface area contributed by atoms with Gasteiger partial charge in [-0.1, -0.05) is 0 Å². The number of carbonyl (C=O) groups is 1. The van der Waals surface area contributed by atoms with Crippen LogP contribution < -0.4 is 11.1 Å². The number of nitrogens with one attached hydrogen (secondary N) is 1. The van der Waals surface area contributed by atoms with Gasteiger partial charge in [0.1, 0.15) is 5.69 Å². The van der Waals surface area contributed by atoms with Crippen molar-refractivity contribution >= 4 is 11.6 Å². The van der Waals surface area contributed by atoms with Crippen LogP contribution in [0.25, 0.3) is 0 Å². The van der Waals surface area contributed by atoms with Crippen molar-refractivity contribution in [2.24, 2.45) is 0 Å². The molecule has 0 aliphatic carbocycles. The van der Waals surface area contributed by atoms with Gasteiger partial charge in [-0.3, -0.25) is 14.4 Å². The molecule has 19 heavy (non-hydrogen) atoms. The van der Waals surface area contributed by atoms with Gasteiger partial charge in [0, 0.05) is 25.2 Å². The molecule has 3 rings (SSSR count). The van der Waals surface area contributed by atoms with E-state index in [9.17, 15) is 4.79 Å². The molecule has 2 atom stereocenters. The van der Waals surface area contributed by atoms with Gasteiger partial charge in [-0.25, -0.2) is 0 Å². The Kier molecular flexibility index (Phi) is 3.18. The third-order valence-corrected chi connectivity index (χ3v) is 4.30. The highest BCUT2D eigenvalue weighted by Crippen LogP contribution is 2.28. The number of anilines is 1. The highest BCUT2D eigenvalue weighted by molar-refractivity contribution is 5.97. The number of hydrogen-bond acceptors (Lipinski definition) is 4. The highest BCUT2D eigenvalue weighted by atomic mass is 16.2. The Labute approximate surface area is 112 Å². The first kappa shape index (κ1) is 12.5. The van der Waals surface area contributed by atoms with Crippen LogP contribution in [0.4, 0.5) is 5.69 Å². The lowest BCUT2D eigenvalue weighted by atomic mass is 10.1. The number of hydrogen-bond donors (Lipinski definition) is 2. The van der Waals surface area contributed by atoms with E-state index in [1.807, 2.05) is 6.92 Å². The zero-order chi connectivity index (χ0) is 13.4. The lowest BCUT2D eigenvalue weighted by Crippen LogP contribution is -2.43. The van der Waals surface area contributed by atoms with E-state index in [0.717, 1.165) is 13.0 Å². The summed E-state index contributed by atoms with van der Waals surface area (Å²) < 4.78 is 1.66. The molecule has 2 aliphatic heterocycles. The summed E-state index contributed by atoms with van der Waals surface area (Å²) in [5.41, 5.74) is 6.80. The van der Waals surface area contributed by atoms with Crippen molar-refractivity contribution in [2.45, 2.75) is 44.8 Å². The number of nitrogens with zero attached hydrogens (tertiary/aromatic N) is 3. The van der Waals surface area contributed by atoms with E-state index in [-0.39, 0.29) is 11.9 Å². The maximum Gasteiger partial charge on any atom is 0.271 e. The van der Waals surface area contributed by atoms with E-state index in [1.54, 1.807) is 10.9 Å². The van der Waals surface area contributed by atoms with Crippen LogP contribution in [0.1, 0.15) is 36.7 Å². The third-order valence-electron chi connectivity index (χ3n) is 4.30. The summed E-state index contributed by atoms with van der Waals surface area (Å²) in [5.74, 6) is -0.0874. The van der Waals surface area contributed by atoms with Crippen LogP contribution in [-0.2, 0) is 6.54 Å². The molecular weight excluding hydrogens is 242 g/mol. The highest BCUT2D eigenvalue weighted by Gasteiger charge is 2.38. The van der Waals surface area contributed by atoms with Gasteiger partial charge in [0.2, 0.25) is 0 Å². The molecule has 2 fully saturated rings. The Balaban J connectivity index is 1.73. The SMILES string of the molecule is CCn1ncc(N)c1C(=O)NC1CCN2CCCC12. The summed E-state index contributed by atoms with van der Waals surface area (Å²) >= 11 is 0. The van der Waals surface area contributed by atoms with Gasteiger partial charge in [-0.05, 0) is 32.7 Å². The Bertz CT molecular complexity index is 483. The normalized spacial score (nSPS) is 26.6. The van der Waals surface area contributed by atoms with Crippen LogP contribution in [0.15, 0.2) is 6.20 Å². The first-order valence-corrected chi connectivity index (χ1v) is 7.07. The van der Waals surface area contributed by atoms with Crippen LogP contribution in [0.5, 0.6) is 0 Å². The van der Waals surface area contributed by atoms with Gasteiger partial charge in [0.15, 0.2) is 0 Å². The fourth-order valence-electron chi connectivity index (χ4n) is 3.38. The first-order valence-electron chi connectivity index (χ1n) is 7.07. The second-order valence-corrected chi connectivity index (χ2v) is 5.38. The van der Waals surface area contributed by atoms with Gasteiger partial charge < -0.3 is 11.1 Å². The van der Waals surface area contributed by atoms with Crippen molar-refractivity contribution in [3.63, 3.8) is 0 Å². The summed E-state index contributed by atoms with van der Waals surface area (Å²) in [7, 11) is 0. The van der Waals surface area contributed by atoms with Crippen molar-refractivity contribution in [1.82, 2.24) is 20.0 Å². The number of aromatic nitrogens is 2. The molecule has 1 aromatic rings. The third kappa shape index (κ3) is 2.10. The van der Waals surface area contributed by atoms with Crippen molar-refractivity contribution in [3.05, 3.63) is 11.9 Å². The van der Waals surface area contributed by atoms with E-state index >= 15 is 0 Å². The number of nitrogens with two attached hydrogens (primary N) is 1. The van der Waals surface area contributed by atoms with Crippen molar-refractivity contribution in [2.75, 3.05) is 18.8 Å². The van der Waals surface area contributed by atoms with Crippen LogP contribution in [0.3, 0.4) is 0 Å². The van der Waals surface area contributed by atoms with Gasteiger partial charge in [-0.15, -0.1) is 0 Å². The fraction of sp³-hybridized carbons (Fsp3) is 0.692. The lowest BCUT2D eigenvalue weighted by Gasteiger charge is -2.21. The van der Waals surface area contributed by atoms with Crippen LogP contribution in [0.2, 0.25) is 0 Å². The standard InChI is InChI=1S/C13H21N5O/c1-2-18-12(9(14)8-15-18)13(19)16-10-5-7-17-6-3-4-11(10)17/h8,10-11H,2-7,14H2,1H3,(H,16,19). The van der Waals surface area contributed by atoms with Crippen LogP contribution in [0, 0.1) is 0 Å². The molecule has 2 saturated heterocycles. The quantitative estimate of drug-likeness (QED) is 0.830. The molecule has 1 aromatic heterocycles. The van der Waals surface area contributed by atoms with E-state index < -0.39 is 0 Å². The minimum absolute atomic E-state index is 0.0874. The zero-order valence-corrected chi connectivity index (χ0v) is 11.3. The Morgan fingerprint density at radius 2 is 2.37 bits per heavy atom. The second kappa shape index (κ2) is 4.85. The molecule has 104 valence electrons. The zero-order valence-electron chi connectivity index (χ0n) is 11.3. The van der Waals surface area contributed by atoms with E-state index in [4.69, 9.17) is 5.73 Å². The molecule has 2 unspecified atom stereocenters. The lowest BCUT2D eigenvalue weighted by molar-refractivity contribution is 0.0919. The molecule has 0 spiro atoms. The number of aryl methyl sites for hydroxylation is 1. The molecule has 1 amide bonds. The molecule has 2 aliphatic rings. The maximum absolute atomic E-state index is 12.4. The molecule has 0 aromatic carbocycles. The summed E-state index contributed by atoms with van der Waals surface area (Å²) in [6.45, 7) is 4.88. The molecule has 6 heteroatoms. The number of fused-ring (bicyclic) bond motifs is 1. The van der Waals surface area contributed by atoms with Gasteiger partial charge in [0.05, 0.1) is 11.9 Å². The minimum Gasteiger partial charge on any atom is -0.396 e. The molecule has 3 N–H and O–H groups in total. The monoisotopic (exact) mass is 263 g/mol. The molecule has 0 saturated carbocycles. The summed E-state index contributed by atoms with van der Waals surface area (Å²) in [4.78, 5) is 14.9. The number of nitrogen functional groups attached to an aromatic ring is 1. The predicted octanol–water partition coefficient (Wildman–Crippen LogP) is 0.452. The van der Waals surface area contributed by atoms with Crippen molar-refractivity contribution in [1.29, 1.82) is 0 Å². The van der Waals surface area contributed by atoms with Crippen molar-refractivity contribution in [3.8, 4) is 0 Å². The molecule has 6 nitrogen and oxygen atoms in total. The van der Waals surface area contributed by atoms with Gasteiger partial charge >= 0.3 is 0 Å². The van der Waals surface area contributed by atoms with Gasteiger partial charge in [0.25, 0.3) is 5.91 Å². The maximum atomic E-state index is 12.4. The molecule has 0 radical (unpaired) electrons. The second-order valence-electron chi connectivity index (χ2n) is 5.38. The van der Waals surface area contributed by atoms with E-state index in [2.05, 4.69) is 15.3 Å². The smallest absolute Gasteiger partial charge is 0.271 e. The number of amides is 1. The summed E-state index contributed by atoms with van der Waals surface area (Å²) in [6.07, 6.45) is 5.02. The molecular formula is C13H21N5O. The largest absolute Gasteiger partial charge is 0.396 e. The summed E-state index contributed by atoms with van der Waals surface area (Å²) in [5, 5.41) is 7.26. The average molecular weight is 263 g/mol. The Hall–Kier alpha value is -1.56. The fourth-order valence-corrected chi connectivity index (χ4v) is 3.38. The topological polar surface area (TPSA) is 76.2 Å². The van der Waals surface area contributed by atoms with Crippen molar-refractivity contribution < 1.29 is 4.79 Å². The van der Waals surface area contributed by atoms with Gasteiger partial charge in [-0.2, -0.15) is 5.10 Å². The number of carbonyl (C=O) groups excluding carboxylic acids is 1. The molecule has 0 bridgehead atoms. The minimum atomic E-state index is -0.0874. The molecule has 3 heterocycles. The number of rotatable bonds is 3. The Morgan fingerprint density at radius 1 is 1.53 bits per heavy atom. The Morgan fingerprint density at radius 3 is 3.16 bits per heavy atom. The predicted molar refractivity (Wildman–Crippen MR) is 72.8 cm³/mol. The summed E-state index contributed by atoms with van der Waals surface area (Å²) in [6, 6.07) is 0.776. The average Bonchev–Trinajstić information content (AvgIpc) is 3.06. The van der Waals surface area contributed by atoms with E-state index in [0.29, 0.717) is 24.0 Å². The van der Waals surface area contributed by atoms with Crippen LogP contribution in [-0.4, -0.2) is 45.8 Å². The van der Waals surface area contributed by atoms with E-state index in [1.165, 1.54) is 19.4 Å². The first-order chi connectivity index (χ1) is 9.20.